The fraction of sp³-hybridized carbons (Fsp3) is 0.700. The summed E-state index contributed by atoms with van der Waals surface area (Å²) in [4.78, 5) is 23.4. The smallest absolute Gasteiger partial charge is 0.391 e. The molecule has 0 saturated heterocycles. The number of rotatable bonds is 58. The lowest BCUT2D eigenvalue weighted by molar-refractivity contribution is -0.870. The minimum absolute atomic E-state index is 0.0658. The number of phosphoric ester groups is 1. The summed E-state index contributed by atoms with van der Waals surface area (Å²) in [5.41, 5.74) is 0. The van der Waals surface area contributed by atoms with E-state index >= 15 is 0 Å². The Morgan fingerprint density at radius 3 is 1.11 bits per heavy atom. The quantitative estimate of drug-likeness (QED) is 0.0243. The van der Waals surface area contributed by atoms with Gasteiger partial charge < -0.3 is 19.8 Å². The number of allylic oxidation sites excluding steroid dienone is 20. The third-order valence-electron chi connectivity index (χ3n) is 14.0. The fourth-order valence-electron chi connectivity index (χ4n) is 8.96. The zero-order valence-corrected chi connectivity index (χ0v) is 52.7. The number of aliphatic hydroxyl groups is 1. The standard InChI is InChI=1S/C70H123N2O6P/c1-6-8-10-12-14-16-18-20-22-24-26-28-29-30-31-32-33-34-35-36-37-38-39-40-41-42-43-44-46-48-50-52-54-56-58-60-62-64-70(74)71-68(67-78-79(75,76)77-66-65-72(3,4)5)69(73)63-61-59-57-55-53-51-49-47-45-27-25-23-21-19-17-15-13-11-9-7-2/h8,10,14,16,20,22,26,28,30-31,33-34,36-37,39-40,42-43,46,48,68-69,73H,6-7,9,11-13,15,17-19,21,23-25,27,29,32,35,38,41,44-45,47,49-67H2,1-5H3,(H-,71,74,75,76)/p+1/b10-8-,16-14-,22-20-,28-26-,31-30-,34-33-,37-36-,40-39-,43-42-,48-46-. The number of likely N-dealkylation sites (N-methyl/N-ethyl adjacent to an activating group) is 1. The second-order valence-corrected chi connectivity index (χ2v) is 24.2. The lowest BCUT2D eigenvalue weighted by atomic mass is 10.0. The molecule has 0 aliphatic carbocycles. The summed E-state index contributed by atoms with van der Waals surface area (Å²) in [7, 11) is 1.59. The molecule has 0 aliphatic heterocycles. The van der Waals surface area contributed by atoms with Crippen molar-refractivity contribution in [2.45, 2.75) is 276 Å². The van der Waals surface area contributed by atoms with Crippen molar-refractivity contribution >= 4 is 13.7 Å². The van der Waals surface area contributed by atoms with E-state index in [4.69, 9.17) is 9.05 Å². The van der Waals surface area contributed by atoms with Gasteiger partial charge in [0, 0.05) is 6.42 Å². The largest absolute Gasteiger partial charge is 0.472 e. The van der Waals surface area contributed by atoms with Crippen molar-refractivity contribution in [3.8, 4) is 0 Å². The van der Waals surface area contributed by atoms with E-state index in [1.165, 1.54) is 122 Å². The van der Waals surface area contributed by atoms with Gasteiger partial charge in [0.1, 0.15) is 13.2 Å². The summed E-state index contributed by atoms with van der Waals surface area (Å²) in [6, 6.07) is -0.778. The summed E-state index contributed by atoms with van der Waals surface area (Å²) in [6.07, 6.45) is 88.4. The molecule has 0 saturated carbocycles. The first-order valence-electron chi connectivity index (χ1n) is 32.4. The number of nitrogens with one attached hydrogen (secondary N) is 1. The number of carbonyl (C=O) groups excluding carboxylic acids is 1. The van der Waals surface area contributed by atoms with Crippen LogP contribution in [0.2, 0.25) is 0 Å². The van der Waals surface area contributed by atoms with Gasteiger partial charge in [-0.1, -0.05) is 289 Å². The van der Waals surface area contributed by atoms with Crippen LogP contribution in [-0.2, 0) is 18.4 Å². The van der Waals surface area contributed by atoms with Crippen molar-refractivity contribution in [1.82, 2.24) is 5.32 Å². The molecule has 0 fully saturated rings. The van der Waals surface area contributed by atoms with Crippen molar-refractivity contribution in [1.29, 1.82) is 0 Å². The van der Waals surface area contributed by atoms with E-state index in [1.54, 1.807) is 0 Å². The highest BCUT2D eigenvalue weighted by molar-refractivity contribution is 7.47. The molecule has 0 aromatic heterocycles. The van der Waals surface area contributed by atoms with E-state index < -0.39 is 20.0 Å². The van der Waals surface area contributed by atoms with Crippen LogP contribution in [0.3, 0.4) is 0 Å². The number of phosphoric acid groups is 1. The van der Waals surface area contributed by atoms with Crippen LogP contribution in [0.25, 0.3) is 0 Å². The van der Waals surface area contributed by atoms with Gasteiger partial charge in [0.25, 0.3) is 0 Å². The summed E-state index contributed by atoms with van der Waals surface area (Å²) in [5.74, 6) is -0.161. The van der Waals surface area contributed by atoms with Crippen LogP contribution < -0.4 is 5.32 Å². The predicted octanol–water partition coefficient (Wildman–Crippen LogP) is 20.5. The SMILES string of the molecule is CC/C=C\C/C=C\C/C=C\C/C=C\C/C=C\C/C=C\C/C=C\C/C=C\C/C=C\C/C=C\CCCCCCCCC(=O)NC(COP(=O)(O)OCC[N+](C)(C)C)C(O)CCCCCCCCCCCCCCCCCCCCCC. The highest BCUT2D eigenvalue weighted by atomic mass is 31.2. The van der Waals surface area contributed by atoms with E-state index in [9.17, 15) is 19.4 Å². The number of aliphatic hydroxyl groups excluding tert-OH is 1. The number of amides is 1. The molecule has 0 rings (SSSR count). The lowest BCUT2D eigenvalue weighted by Crippen LogP contribution is -2.46. The van der Waals surface area contributed by atoms with Gasteiger partial charge in [0.15, 0.2) is 0 Å². The number of nitrogens with zero attached hydrogens (tertiary/aromatic N) is 1. The van der Waals surface area contributed by atoms with E-state index in [0.717, 1.165) is 116 Å². The van der Waals surface area contributed by atoms with E-state index in [2.05, 4.69) is 141 Å². The maximum atomic E-state index is 13.0. The summed E-state index contributed by atoms with van der Waals surface area (Å²) < 4.78 is 23.8. The van der Waals surface area contributed by atoms with Crippen LogP contribution in [0.15, 0.2) is 122 Å². The first-order valence-corrected chi connectivity index (χ1v) is 33.9. The normalized spacial score (nSPS) is 14.6. The Balaban J connectivity index is 4.17. The van der Waals surface area contributed by atoms with Gasteiger partial charge in [-0.2, -0.15) is 0 Å². The Labute approximate surface area is 488 Å². The first-order chi connectivity index (χ1) is 38.5. The molecule has 454 valence electrons. The predicted molar refractivity (Wildman–Crippen MR) is 345 cm³/mol. The molecule has 0 spiro atoms. The molecular weight excluding hydrogens is 996 g/mol. The van der Waals surface area contributed by atoms with Gasteiger partial charge in [-0.05, 0) is 89.9 Å². The van der Waals surface area contributed by atoms with Gasteiger partial charge in [0.05, 0.1) is 39.9 Å². The fourth-order valence-corrected chi connectivity index (χ4v) is 9.69. The van der Waals surface area contributed by atoms with Crippen molar-refractivity contribution in [2.24, 2.45) is 0 Å². The zero-order chi connectivity index (χ0) is 57.7. The average molecular weight is 1120 g/mol. The maximum absolute atomic E-state index is 13.0. The van der Waals surface area contributed by atoms with Crippen molar-refractivity contribution < 1.29 is 32.9 Å². The van der Waals surface area contributed by atoms with Crippen LogP contribution in [0.1, 0.15) is 264 Å². The number of hydrogen-bond donors (Lipinski definition) is 3. The molecule has 0 bridgehead atoms. The van der Waals surface area contributed by atoms with Crippen molar-refractivity contribution in [3.05, 3.63) is 122 Å². The number of carbonyl (C=O) groups is 1. The van der Waals surface area contributed by atoms with Crippen LogP contribution in [-0.4, -0.2) is 73.4 Å². The summed E-state index contributed by atoms with van der Waals surface area (Å²) in [5, 5.41) is 14.1. The average Bonchev–Trinajstić information content (AvgIpc) is 3.42. The van der Waals surface area contributed by atoms with Gasteiger partial charge in [-0.25, -0.2) is 4.57 Å². The van der Waals surface area contributed by atoms with E-state index in [-0.39, 0.29) is 19.1 Å². The molecule has 0 aromatic carbocycles. The molecule has 3 N–H and O–H groups in total. The molecule has 79 heavy (non-hydrogen) atoms. The number of unbranched alkanes of at least 4 members (excludes halogenated alkanes) is 25. The van der Waals surface area contributed by atoms with Crippen LogP contribution in [0.5, 0.6) is 0 Å². The summed E-state index contributed by atoms with van der Waals surface area (Å²) >= 11 is 0. The molecule has 1 amide bonds. The Morgan fingerprint density at radius 1 is 0.443 bits per heavy atom. The number of quaternary nitrogens is 1. The van der Waals surface area contributed by atoms with Gasteiger partial charge in [0.2, 0.25) is 5.91 Å². The summed E-state index contributed by atoms with van der Waals surface area (Å²) in [6.45, 7) is 4.77. The van der Waals surface area contributed by atoms with Crippen LogP contribution in [0.4, 0.5) is 0 Å². The Bertz CT molecular complexity index is 1700. The number of hydrogen-bond acceptors (Lipinski definition) is 5. The first kappa shape index (κ1) is 75.9. The molecule has 0 aromatic rings. The monoisotopic (exact) mass is 1120 g/mol. The van der Waals surface area contributed by atoms with E-state index in [0.29, 0.717) is 23.9 Å². The molecule has 0 heterocycles. The third-order valence-corrected chi connectivity index (χ3v) is 15.0. The topological polar surface area (TPSA) is 105 Å². The Hall–Kier alpha value is -3.10. The lowest BCUT2D eigenvalue weighted by Gasteiger charge is -2.26. The highest BCUT2D eigenvalue weighted by Gasteiger charge is 2.28. The molecular formula is C70H124N2O6P+. The van der Waals surface area contributed by atoms with Crippen LogP contribution in [0, 0.1) is 0 Å². The minimum Gasteiger partial charge on any atom is -0.391 e. The molecule has 0 aliphatic rings. The molecule has 9 heteroatoms. The Kier molecular flexibility index (Phi) is 57.2. The second kappa shape index (κ2) is 59.5. The molecule has 0 radical (unpaired) electrons. The van der Waals surface area contributed by atoms with Gasteiger partial charge in [-0.3, -0.25) is 13.8 Å². The molecule has 8 nitrogen and oxygen atoms in total. The van der Waals surface area contributed by atoms with Crippen molar-refractivity contribution in [3.63, 3.8) is 0 Å². The second-order valence-electron chi connectivity index (χ2n) is 22.8. The maximum Gasteiger partial charge on any atom is 0.472 e. The van der Waals surface area contributed by atoms with Crippen molar-refractivity contribution in [2.75, 3.05) is 40.9 Å². The van der Waals surface area contributed by atoms with Crippen LogP contribution >= 0.6 is 7.82 Å². The third kappa shape index (κ3) is 62.4. The zero-order valence-electron chi connectivity index (χ0n) is 51.8. The molecule has 3 atom stereocenters. The van der Waals surface area contributed by atoms with E-state index in [1.807, 2.05) is 21.1 Å². The minimum atomic E-state index is -4.34. The van der Waals surface area contributed by atoms with Gasteiger partial charge in [-0.15, -0.1) is 0 Å². The van der Waals surface area contributed by atoms with Gasteiger partial charge >= 0.3 is 7.82 Å². The molecule has 3 unspecified atom stereocenters. The highest BCUT2D eigenvalue weighted by Crippen LogP contribution is 2.43. The Morgan fingerprint density at radius 2 is 0.759 bits per heavy atom.